The molecule has 2 saturated heterocycles. The fourth-order valence-electron chi connectivity index (χ4n) is 3.93. The van der Waals surface area contributed by atoms with Crippen LogP contribution in [0.5, 0.6) is 0 Å². The van der Waals surface area contributed by atoms with Crippen molar-refractivity contribution in [1.82, 2.24) is 14.9 Å². The molecule has 28 heavy (non-hydrogen) atoms. The summed E-state index contributed by atoms with van der Waals surface area (Å²) in [5, 5.41) is 6.25. The number of hydrogen-bond acceptors (Lipinski definition) is 4. The molecule has 2 aliphatic heterocycles. The number of carbonyl (C=O) groups excluding carboxylic acids is 1. The SMILES string of the molecule is Cl.O=C(CCC1CCNCC1)NCc1ccccc1S(=O)(=O)N1CCCCC1. The minimum atomic E-state index is -3.49. The molecule has 0 atom stereocenters. The van der Waals surface area contributed by atoms with E-state index in [0.717, 1.165) is 51.6 Å². The van der Waals surface area contributed by atoms with Crippen LogP contribution in [0.1, 0.15) is 50.5 Å². The van der Waals surface area contributed by atoms with Crippen LogP contribution in [0.4, 0.5) is 0 Å². The van der Waals surface area contributed by atoms with E-state index < -0.39 is 10.0 Å². The Morgan fingerprint density at radius 2 is 1.79 bits per heavy atom. The van der Waals surface area contributed by atoms with Gasteiger partial charge < -0.3 is 10.6 Å². The average molecular weight is 430 g/mol. The molecule has 158 valence electrons. The highest BCUT2D eigenvalue weighted by atomic mass is 35.5. The van der Waals surface area contributed by atoms with E-state index in [1.165, 1.54) is 0 Å². The molecule has 0 unspecified atom stereocenters. The van der Waals surface area contributed by atoms with E-state index in [2.05, 4.69) is 10.6 Å². The van der Waals surface area contributed by atoms with Crippen LogP contribution in [0.3, 0.4) is 0 Å². The first-order valence-electron chi connectivity index (χ1n) is 10.1. The summed E-state index contributed by atoms with van der Waals surface area (Å²) in [6.07, 6.45) is 6.58. The van der Waals surface area contributed by atoms with Crippen LogP contribution in [0.15, 0.2) is 29.2 Å². The van der Waals surface area contributed by atoms with E-state index in [9.17, 15) is 13.2 Å². The number of hydrogen-bond donors (Lipinski definition) is 2. The second-order valence-electron chi connectivity index (χ2n) is 7.58. The number of carbonyl (C=O) groups is 1. The first-order chi connectivity index (χ1) is 13.1. The van der Waals surface area contributed by atoms with Gasteiger partial charge in [0.2, 0.25) is 15.9 Å². The predicted molar refractivity (Wildman–Crippen MR) is 113 cm³/mol. The van der Waals surface area contributed by atoms with Gasteiger partial charge in [0.1, 0.15) is 0 Å². The Morgan fingerprint density at radius 1 is 1.11 bits per heavy atom. The van der Waals surface area contributed by atoms with Gasteiger partial charge in [-0.2, -0.15) is 4.31 Å². The number of sulfonamides is 1. The fraction of sp³-hybridized carbons (Fsp3) is 0.650. The summed E-state index contributed by atoms with van der Waals surface area (Å²) in [6.45, 7) is 3.49. The molecule has 6 nitrogen and oxygen atoms in total. The smallest absolute Gasteiger partial charge is 0.243 e. The first kappa shape index (κ1) is 23.1. The summed E-state index contributed by atoms with van der Waals surface area (Å²) in [5.41, 5.74) is 0.665. The maximum atomic E-state index is 13.0. The minimum Gasteiger partial charge on any atom is -0.352 e. The second kappa shape index (κ2) is 11.1. The maximum absolute atomic E-state index is 13.0. The normalized spacial score (nSPS) is 19.0. The van der Waals surface area contributed by atoms with Crippen LogP contribution in [0.25, 0.3) is 0 Å². The maximum Gasteiger partial charge on any atom is 0.243 e. The van der Waals surface area contributed by atoms with Gasteiger partial charge in [-0.25, -0.2) is 8.42 Å². The molecule has 0 aromatic heterocycles. The Labute approximate surface area is 174 Å². The summed E-state index contributed by atoms with van der Waals surface area (Å²) >= 11 is 0. The summed E-state index contributed by atoms with van der Waals surface area (Å²) in [6, 6.07) is 7.02. The number of benzene rings is 1. The van der Waals surface area contributed by atoms with Crippen LogP contribution in [-0.2, 0) is 21.4 Å². The number of nitrogens with one attached hydrogen (secondary N) is 2. The van der Waals surface area contributed by atoms with Gasteiger partial charge in [0, 0.05) is 26.1 Å². The van der Waals surface area contributed by atoms with Crippen molar-refractivity contribution in [3.05, 3.63) is 29.8 Å². The highest BCUT2D eigenvalue weighted by Gasteiger charge is 2.27. The zero-order valence-electron chi connectivity index (χ0n) is 16.4. The largest absolute Gasteiger partial charge is 0.352 e. The third-order valence-electron chi connectivity index (χ3n) is 5.62. The van der Waals surface area contributed by atoms with E-state index in [4.69, 9.17) is 0 Å². The van der Waals surface area contributed by atoms with E-state index in [-0.39, 0.29) is 24.9 Å². The molecule has 1 aromatic rings. The van der Waals surface area contributed by atoms with Crippen molar-refractivity contribution in [2.75, 3.05) is 26.2 Å². The number of rotatable bonds is 7. The van der Waals surface area contributed by atoms with E-state index in [1.54, 1.807) is 22.5 Å². The zero-order valence-corrected chi connectivity index (χ0v) is 18.0. The van der Waals surface area contributed by atoms with Gasteiger partial charge in [-0.1, -0.05) is 24.6 Å². The number of amides is 1. The Hall–Kier alpha value is -1.15. The van der Waals surface area contributed by atoms with Gasteiger partial charge in [0.05, 0.1) is 4.90 Å². The van der Waals surface area contributed by atoms with Crippen LogP contribution < -0.4 is 10.6 Å². The molecule has 2 fully saturated rings. The molecule has 0 aliphatic carbocycles. The number of piperidine rings is 2. The quantitative estimate of drug-likeness (QED) is 0.698. The van der Waals surface area contributed by atoms with Crippen LogP contribution in [0.2, 0.25) is 0 Å². The lowest BCUT2D eigenvalue weighted by atomic mass is 9.93. The molecule has 0 spiro atoms. The Bertz CT molecular complexity index is 730. The summed E-state index contributed by atoms with van der Waals surface area (Å²) in [4.78, 5) is 12.6. The van der Waals surface area contributed by atoms with Crippen LogP contribution in [0, 0.1) is 5.92 Å². The minimum absolute atomic E-state index is 0. The van der Waals surface area contributed by atoms with Crippen LogP contribution in [-0.4, -0.2) is 44.8 Å². The lowest BCUT2D eigenvalue weighted by Crippen LogP contribution is -2.36. The summed E-state index contributed by atoms with van der Waals surface area (Å²) < 4.78 is 27.6. The Balaban J connectivity index is 0.00000280. The van der Waals surface area contributed by atoms with Gasteiger partial charge in [-0.05, 0) is 62.7 Å². The van der Waals surface area contributed by atoms with Gasteiger partial charge >= 0.3 is 0 Å². The van der Waals surface area contributed by atoms with Crippen molar-refractivity contribution in [3.63, 3.8) is 0 Å². The molecule has 8 heteroatoms. The standard InChI is InChI=1S/C20H31N3O3S.ClH/c24-20(9-8-17-10-12-21-13-11-17)22-16-18-6-2-3-7-19(18)27(25,26)23-14-4-1-5-15-23;/h2-3,6-7,17,21H,1,4-5,8-16H2,(H,22,24);1H. The van der Waals surface area contributed by atoms with Crippen molar-refractivity contribution in [2.45, 2.75) is 56.4 Å². The van der Waals surface area contributed by atoms with Crippen LogP contribution >= 0.6 is 12.4 Å². The molecule has 3 rings (SSSR count). The summed E-state index contributed by atoms with van der Waals surface area (Å²) in [7, 11) is -3.49. The lowest BCUT2D eigenvalue weighted by Gasteiger charge is -2.27. The van der Waals surface area contributed by atoms with Crippen molar-refractivity contribution >= 4 is 28.3 Å². The van der Waals surface area contributed by atoms with Gasteiger partial charge in [-0.3, -0.25) is 4.79 Å². The van der Waals surface area contributed by atoms with Crippen molar-refractivity contribution in [3.8, 4) is 0 Å². The van der Waals surface area contributed by atoms with E-state index >= 15 is 0 Å². The van der Waals surface area contributed by atoms with Gasteiger partial charge in [-0.15, -0.1) is 12.4 Å². The monoisotopic (exact) mass is 429 g/mol. The lowest BCUT2D eigenvalue weighted by molar-refractivity contribution is -0.121. The Morgan fingerprint density at radius 3 is 2.50 bits per heavy atom. The summed E-state index contributed by atoms with van der Waals surface area (Å²) in [5.74, 6) is 0.613. The predicted octanol–water partition coefficient (Wildman–Crippen LogP) is 2.68. The Kier molecular flexibility index (Phi) is 9.21. The molecule has 2 N–H and O–H groups in total. The third-order valence-corrected chi connectivity index (χ3v) is 7.62. The van der Waals surface area contributed by atoms with Crippen molar-refractivity contribution < 1.29 is 13.2 Å². The topological polar surface area (TPSA) is 78.5 Å². The molecule has 0 bridgehead atoms. The zero-order chi connectivity index (χ0) is 19.1. The molecular weight excluding hydrogens is 398 g/mol. The molecule has 1 aromatic carbocycles. The second-order valence-corrected chi connectivity index (χ2v) is 9.49. The third kappa shape index (κ3) is 6.17. The average Bonchev–Trinajstić information content (AvgIpc) is 2.72. The molecule has 2 aliphatic rings. The van der Waals surface area contributed by atoms with E-state index in [0.29, 0.717) is 35.9 Å². The molecule has 0 radical (unpaired) electrons. The van der Waals surface area contributed by atoms with E-state index in [1.807, 2.05) is 6.07 Å². The fourth-order valence-corrected chi connectivity index (χ4v) is 5.67. The van der Waals surface area contributed by atoms with Gasteiger partial charge in [0.15, 0.2) is 0 Å². The number of halogens is 1. The first-order valence-corrected chi connectivity index (χ1v) is 11.6. The van der Waals surface area contributed by atoms with Crippen molar-refractivity contribution in [1.29, 1.82) is 0 Å². The van der Waals surface area contributed by atoms with Gasteiger partial charge in [0.25, 0.3) is 0 Å². The number of nitrogens with zero attached hydrogens (tertiary/aromatic N) is 1. The highest BCUT2D eigenvalue weighted by Crippen LogP contribution is 2.23. The molecule has 0 saturated carbocycles. The molecule has 1 amide bonds. The van der Waals surface area contributed by atoms with Crippen molar-refractivity contribution in [2.24, 2.45) is 5.92 Å². The highest BCUT2D eigenvalue weighted by molar-refractivity contribution is 7.89. The molecule has 2 heterocycles. The molecular formula is C20H32ClN3O3S.